The molecule has 0 spiro atoms. The third kappa shape index (κ3) is 3.86. The highest BCUT2D eigenvalue weighted by Crippen LogP contribution is 2.24. The Morgan fingerprint density at radius 1 is 1.24 bits per heavy atom. The maximum absolute atomic E-state index is 12.5. The van der Waals surface area contributed by atoms with E-state index in [-0.39, 0.29) is 18.2 Å². The fraction of sp³-hybridized carbons (Fsp3) is 0.111. The van der Waals surface area contributed by atoms with Crippen LogP contribution in [0.25, 0.3) is 0 Å². The molecule has 0 aliphatic carbocycles. The molecule has 1 aliphatic rings. The summed E-state index contributed by atoms with van der Waals surface area (Å²) < 4.78 is 0.908. The van der Waals surface area contributed by atoms with E-state index in [0.29, 0.717) is 22.1 Å². The molecule has 5 nitrogen and oxygen atoms in total. The molecule has 2 amide bonds. The molecule has 1 aliphatic heterocycles. The van der Waals surface area contributed by atoms with Crippen molar-refractivity contribution < 1.29 is 9.59 Å². The third-order valence-corrected chi connectivity index (χ3v) is 4.75. The lowest BCUT2D eigenvalue weighted by Crippen LogP contribution is -2.47. The van der Waals surface area contributed by atoms with E-state index in [1.807, 2.05) is 19.1 Å². The van der Waals surface area contributed by atoms with Crippen LogP contribution >= 0.6 is 27.5 Å². The molecular weight excluding hydrogens is 406 g/mol. The predicted octanol–water partition coefficient (Wildman–Crippen LogP) is 4.17. The molecule has 0 saturated carbocycles. The lowest BCUT2D eigenvalue weighted by molar-refractivity contribution is -0.119. The molecule has 0 aromatic heterocycles. The van der Waals surface area contributed by atoms with Crippen molar-refractivity contribution in [3.8, 4) is 0 Å². The number of halogens is 2. The number of hydrogen-bond donors (Lipinski definition) is 2. The van der Waals surface area contributed by atoms with Crippen LogP contribution in [0.5, 0.6) is 0 Å². The van der Waals surface area contributed by atoms with Crippen LogP contribution in [-0.2, 0) is 9.59 Å². The highest BCUT2D eigenvalue weighted by atomic mass is 79.9. The third-order valence-electron chi connectivity index (χ3n) is 3.81. The number of benzene rings is 2. The SMILES string of the molecule is Cc1c(Cl)cccc1NC(=O)C1=CCC(=O)N(c2ccc(Br)cc2)N1. The van der Waals surface area contributed by atoms with Crippen molar-refractivity contribution in [1.82, 2.24) is 5.43 Å². The van der Waals surface area contributed by atoms with E-state index in [1.165, 1.54) is 5.01 Å². The summed E-state index contributed by atoms with van der Waals surface area (Å²) >= 11 is 9.44. The van der Waals surface area contributed by atoms with E-state index < -0.39 is 0 Å². The van der Waals surface area contributed by atoms with Crippen LogP contribution in [0.1, 0.15) is 12.0 Å². The second kappa shape index (κ2) is 7.29. The summed E-state index contributed by atoms with van der Waals surface area (Å²) in [6, 6.07) is 12.5. The molecule has 0 fully saturated rings. The number of carbonyl (C=O) groups excluding carboxylic acids is 2. The Morgan fingerprint density at radius 2 is 1.96 bits per heavy atom. The normalized spacial score (nSPS) is 14.0. The van der Waals surface area contributed by atoms with Crippen LogP contribution in [0, 0.1) is 6.92 Å². The Balaban J connectivity index is 1.78. The quantitative estimate of drug-likeness (QED) is 0.783. The lowest BCUT2D eigenvalue weighted by atomic mass is 10.2. The predicted molar refractivity (Wildman–Crippen MR) is 102 cm³/mol. The van der Waals surface area contributed by atoms with Crippen molar-refractivity contribution in [1.29, 1.82) is 0 Å². The monoisotopic (exact) mass is 419 g/mol. The van der Waals surface area contributed by atoms with Gasteiger partial charge in [-0.3, -0.25) is 15.0 Å². The van der Waals surface area contributed by atoms with Crippen LogP contribution in [0.3, 0.4) is 0 Å². The lowest BCUT2D eigenvalue weighted by Gasteiger charge is -2.28. The molecular formula is C18H15BrClN3O2. The van der Waals surface area contributed by atoms with E-state index in [1.54, 1.807) is 36.4 Å². The van der Waals surface area contributed by atoms with Gasteiger partial charge in [-0.1, -0.05) is 33.6 Å². The van der Waals surface area contributed by atoms with Crippen molar-refractivity contribution in [2.75, 3.05) is 10.3 Å². The Morgan fingerprint density at radius 3 is 2.68 bits per heavy atom. The zero-order valence-corrected chi connectivity index (χ0v) is 15.7. The van der Waals surface area contributed by atoms with Crippen molar-refractivity contribution in [2.24, 2.45) is 0 Å². The summed E-state index contributed by atoms with van der Waals surface area (Å²) in [7, 11) is 0. The van der Waals surface area contributed by atoms with Gasteiger partial charge in [0.1, 0.15) is 5.70 Å². The van der Waals surface area contributed by atoms with Gasteiger partial charge in [-0.05, 0) is 55.0 Å². The molecule has 0 unspecified atom stereocenters. The Bertz CT molecular complexity index is 865. The summed E-state index contributed by atoms with van der Waals surface area (Å²) in [5.74, 6) is -0.474. The number of hydrogen-bond acceptors (Lipinski definition) is 3. The van der Waals surface area contributed by atoms with Gasteiger partial charge in [0.05, 0.1) is 5.69 Å². The van der Waals surface area contributed by atoms with E-state index in [0.717, 1.165) is 10.0 Å². The zero-order valence-electron chi connectivity index (χ0n) is 13.3. The van der Waals surface area contributed by atoms with Gasteiger partial charge in [-0.2, -0.15) is 0 Å². The van der Waals surface area contributed by atoms with Gasteiger partial charge in [0.15, 0.2) is 0 Å². The van der Waals surface area contributed by atoms with E-state index in [4.69, 9.17) is 11.6 Å². The first kappa shape index (κ1) is 17.5. The van der Waals surface area contributed by atoms with E-state index in [9.17, 15) is 9.59 Å². The molecule has 128 valence electrons. The molecule has 2 aromatic rings. The van der Waals surface area contributed by atoms with Crippen molar-refractivity contribution >= 4 is 50.7 Å². The largest absolute Gasteiger partial charge is 0.320 e. The number of anilines is 2. The van der Waals surface area contributed by atoms with Gasteiger partial charge in [0.2, 0.25) is 5.91 Å². The van der Waals surface area contributed by atoms with Gasteiger partial charge < -0.3 is 5.32 Å². The minimum Gasteiger partial charge on any atom is -0.320 e. The Hall–Kier alpha value is -2.31. The summed E-state index contributed by atoms with van der Waals surface area (Å²) in [5, 5.41) is 4.76. The minimum atomic E-state index is -0.333. The first-order valence-corrected chi connectivity index (χ1v) is 8.74. The molecule has 0 atom stereocenters. The highest BCUT2D eigenvalue weighted by molar-refractivity contribution is 9.10. The summed E-state index contributed by atoms with van der Waals surface area (Å²) in [6.45, 7) is 1.83. The van der Waals surface area contributed by atoms with Gasteiger partial charge in [-0.15, -0.1) is 0 Å². The topological polar surface area (TPSA) is 61.4 Å². The van der Waals surface area contributed by atoms with Gasteiger partial charge >= 0.3 is 0 Å². The first-order chi connectivity index (χ1) is 12.0. The minimum absolute atomic E-state index is 0.139. The summed E-state index contributed by atoms with van der Waals surface area (Å²) in [4.78, 5) is 24.7. The standard InChI is InChI=1S/C18H15BrClN3O2/c1-11-14(20)3-2-4-15(11)21-18(25)16-9-10-17(24)23(22-16)13-7-5-12(19)6-8-13/h2-9,22H,10H2,1H3,(H,21,25). The smallest absolute Gasteiger partial charge is 0.273 e. The van der Waals surface area contributed by atoms with E-state index in [2.05, 4.69) is 26.7 Å². The maximum Gasteiger partial charge on any atom is 0.273 e. The number of nitrogens with one attached hydrogen (secondary N) is 2. The molecule has 25 heavy (non-hydrogen) atoms. The van der Waals surface area contributed by atoms with E-state index >= 15 is 0 Å². The van der Waals surface area contributed by atoms with Crippen LogP contribution in [0.2, 0.25) is 5.02 Å². The molecule has 0 radical (unpaired) electrons. The van der Waals surface area contributed by atoms with Crippen LogP contribution < -0.4 is 15.8 Å². The molecule has 2 N–H and O–H groups in total. The molecule has 3 rings (SSSR count). The van der Waals surface area contributed by atoms with Crippen molar-refractivity contribution in [3.63, 3.8) is 0 Å². The molecule has 0 saturated heterocycles. The maximum atomic E-state index is 12.5. The fourth-order valence-corrected chi connectivity index (χ4v) is 2.82. The molecule has 2 aromatic carbocycles. The van der Waals surface area contributed by atoms with Crippen molar-refractivity contribution in [2.45, 2.75) is 13.3 Å². The molecule has 7 heteroatoms. The van der Waals surface area contributed by atoms with Crippen LogP contribution in [0.15, 0.2) is 58.7 Å². The van der Waals surface area contributed by atoms with Crippen LogP contribution in [-0.4, -0.2) is 11.8 Å². The average molecular weight is 421 g/mol. The number of carbonyl (C=O) groups is 2. The Kier molecular flexibility index (Phi) is 5.11. The zero-order chi connectivity index (χ0) is 18.0. The first-order valence-electron chi connectivity index (χ1n) is 7.57. The number of rotatable bonds is 3. The average Bonchev–Trinajstić information content (AvgIpc) is 2.60. The second-order valence-corrected chi connectivity index (χ2v) is 6.83. The summed E-state index contributed by atoms with van der Waals surface area (Å²) in [6.07, 6.45) is 1.72. The molecule has 0 bridgehead atoms. The number of amides is 2. The number of hydrazine groups is 1. The van der Waals surface area contributed by atoms with Gasteiger partial charge in [-0.25, -0.2) is 5.01 Å². The summed E-state index contributed by atoms with van der Waals surface area (Å²) in [5.41, 5.74) is 5.26. The Labute approximate surface area is 158 Å². The fourth-order valence-electron chi connectivity index (χ4n) is 2.38. The number of nitrogens with zero attached hydrogens (tertiary/aromatic N) is 1. The second-order valence-electron chi connectivity index (χ2n) is 5.51. The highest BCUT2D eigenvalue weighted by Gasteiger charge is 2.24. The van der Waals surface area contributed by atoms with Crippen LogP contribution in [0.4, 0.5) is 11.4 Å². The van der Waals surface area contributed by atoms with Gasteiger partial charge in [0, 0.05) is 21.6 Å². The molecule has 1 heterocycles. The van der Waals surface area contributed by atoms with Gasteiger partial charge in [0.25, 0.3) is 5.91 Å². The van der Waals surface area contributed by atoms with Crippen molar-refractivity contribution in [3.05, 3.63) is 69.3 Å².